The quantitative estimate of drug-likeness (QED) is 0.807. The molecule has 3 nitrogen and oxygen atoms in total. The SMILES string of the molecule is COc1cccc2c1-c1ccccc1C=NN2. The van der Waals surface area contributed by atoms with Crippen LogP contribution in [0, 0.1) is 0 Å². The van der Waals surface area contributed by atoms with Crippen molar-refractivity contribution in [3.8, 4) is 16.9 Å². The molecule has 84 valence electrons. The summed E-state index contributed by atoms with van der Waals surface area (Å²) in [5, 5.41) is 4.20. The van der Waals surface area contributed by atoms with E-state index in [0.717, 1.165) is 28.1 Å². The van der Waals surface area contributed by atoms with Crippen LogP contribution in [-0.2, 0) is 0 Å². The molecule has 0 aromatic heterocycles. The van der Waals surface area contributed by atoms with E-state index in [1.807, 2.05) is 42.6 Å². The standard InChI is InChI=1S/C14H12N2O/c1-17-13-8-4-7-12-14(13)11-6-3-2-5-10(11)9-15-16-12/h2-9,16H,1H3. The van der Waals surface area contributed by atoms with Crippen LogP contribution in [0.15, 0.2) is 47.6 Å². The molecular formula is C14H12N2O. The van der Waals surface area contributed by atoms with E-state index in [4.69, 9.17) is 4.74 Å². The largest absolute Gasteiger partial charge is 0.496 e. The minimum absolute atomic E-state index is 0.855. The third-order valence-electron chi connectivity index (χ3n) is 2.86. The molecule has 1 N–H and O–H groups in total. The Kier molecular flexibility index (Phi) is 2.29. The summed E-state index contributed by atoms with van der Waals surface area (Å²) in [5.74, 6) is 0.855. The van der Waals surface area contributed by atoms with Crippen LogP contribution in [0.1, 0.15) is 5.56 Å². The fourth-order valence-electron chi connectivity index (χ4n) is 2.08. The van der Waals surface area contributed by atoms with Crippen LogP contribution in [0.25, 0.3) is 11.1 Å². The van der Waals surface area contributed by atoms with Gasteiger partial charge in [0, 0.05) is 11.1 Å². The van der Waals surface area contributed by atoms with Crippen molar-refractivity contribution in [2.75, 3.05) is 12.5 Å². The first-order valence-electron chi connectivity index (χ1n) is 5.45. The van der Waals surface area contributed by atoms with E-state index >= 15 is 0 Å². The number of benzene rings is 2. The number of nitrogens with one attached hydrogen (secondary N) is 1. The summed E-state index contributed by atoms with van der Waals surface area (Å²) in [6.07, 6.45) is 1.83. The van der Waals surface area contributed by atoms with E-state index in [-0.39, 0.29) is 0 Å². The number of ether oxygens (including phenoxy) is 1. The van der Waals surface area contributed by atoms with Gasteiger partial charge >= 0.3 is 0 Å². The van der Waals surface area contributed by atoms with E-state index < -0.39 is 0 Å². The van der Waals surface area contributed by atoms with Gasteiger partial charge in [0.15, 0.2) is 0 Å². The first-order valence-corrected chi connectivity index (χ1v) is 5.45. The maximum absolute atomic E-state index is 5.43. The Morgan fingerprint density at radius 1 is 1.06 bits per heavy atom. The molecule has 1 aliphatic rings. The molecule has 0 atom stereocenters. The summed E-state index contributed by atoms with van der Waals surface area (Å²) in [4.78, 5) is 0. The molecular weight excluding hydrogens is 212 g/mol. The van der Waals surface area contributed by atoms with E-state index in [2.05, 4.69) is 16.6 Å². The Labute approximate surface area is 99.7 Å². The maximum atomic E-state index is 5.43. The lowest BCUT2D eigenvalue weighted by Gasteiger charge is -2.12. The van der Waals surface area contributed by atoms with Gasteiger partial charge in [-0.05, 0) is 17.7 Å². The van der Waals surface area contributed by atoms with Crippen molar-refractivity contribution >= 4 is 11.9 Å². The van der Waals surface area contributed by atoms with Gasteiger partial charge in [0.2, 0.25) is 0 Å². The molecule has 0 spiro atoms. The number of fused-ring (bicyclic) bond motifs is 3. The van der Waals surface area contributed by atoms with Gasteiger partial charge < -0.3 is 4.74 Å². The topological polar surface area (TPSA) is 33.6 Å². The van der Waals surface area contributed by atoms with Crippen LogP contribution in [-0.4, -0.2) is 13.3 Å². The lowest BCUT2D eigenvalue weighted by Crippen LogP contribution is -1.93. The molecule has 0 amide bonds. The van der Waals surface area contributed by atoms with E-state index in [1.165, 1.54) is 0 Å². The van der Waals surface area contributed by atoms with Crippen LogP contribution in [0.3, 0.4) is 0 Å². The van der Waals surface area contributed by atoms with Gasteiger partial charge in [0.25, 0.3) is 0 Å². The normalized spacial score (nSPS) is 12.1. The minimum Gasteiger partial charge on any atom is -0.496 e. The van der Waals surface area contributed by atoms with Gasteiger partial charge in [0.1, 0.15) is 5.75 Å². The van der Waals surface area contributed by atoms with Gasteiger partial charge in [-0.25, -0.2) is 0 Å². The summed E-state index contributed by atoms with van der Waals surface area (Å²) >= 11 is 0. The first-order chi connectivity index (χ1) is 8.40. The van der Waals surface area contributed by atoms with E-state index in [9.17, 15) is 0 Å². The van der Waals surface area contributed by atoms with Crippen LogP contribution < -0.4 is 10.2 Å². The molecule has 1 heterocycles. The Hall–Kier alpha value is -2.29. The first kappa shape index (κ1) is 9.90. The predicted molar refractivity (Wildman–Crippen MR) is 69.6 cm³/mol. The summed E-state index contributed by atoms with van der Waals surface area (Å²) in [6.45, 7) is 0. The number of hydrazone groups is 1. The average molecular weight is 224 g/mol. The molecule has 3 rings (SSSR count). The zero-order valence-corrected chi connectivity index (χ0v) is 9.47. The zero-order chi connectivity index (χ0) is 11.7. The Morgan fingerprint density at radius 3 is 2.82 bits per heavy atom. The molecule has 0 fully saturated rings. The highest BCUT2D eigenvalue weighted by atomic mass is 16.5. The summed E-state index contributed by atoms with van der Waals surface area (Å²) in [5.41, 5.74) is 7.28. The summed E-state index contributed by atoms with van der Waals surface area (Å²) in [6, 6.07) is 14.1. The van der Waals surface area contributed by atoms with Crippen molar-refractivity contribution in [1.29, 1.82) is 0 Å². The highest BCUT2D eigenvalue weighted by molar-refractivity contribution is 5.97. The molecule has 3 heteroatoms. The third-order valence-corrected chi connectivity index (χ3v) is 2.86. The minimum atomic E-state index is 0.855. The second-order valence-electron chi connectivity index (χ2n) is 3.84. The number of hydrogen-bond acceptors (Lipinski definition) is 3. The molecule has 0 aliphatic carbocycles. The van der Waals surface area contributed by atoms with Crippen molar-refractivity contribution in [2.45, 2.75) is 0 Å². The Bertz CT molecular complexity index is 591. The molecule has 0 radical (unpaired) electrons. The number of anilines is 1. The van der Waals surface area contributed by atoms with Gasteiger partial charge in [-0.15, -0.1) is 0 Å². The van der Waals surface area contributed by atoms with Crippen molar-refractivity contribution in [3.63, 3.8) is 0 Å². The molecule has 0 saturated carbocycles. The van der Waals surface area contributed by atoms with Crippen molar-refractivity contribution in [2.24, 2.45) is 5.10 Å². The van der Waals surface area contributed by atoms with Crippen molar-refractivity contribution < 1.29 is 4.74 Å². The fourth-order valence-corrected chi connectivity index (χ4v) is 2.08. The third kappa shape index (κ3) is 1.56. The number of methoxy groups -OCH3 is 1. The Morgan fingerprint density at radius 2 is 1.94 bits per heavy atom. The molecule has 17 heavy (non-hydrogen) atoms. The van der Waals surface area contributed by atoms with Gasteiger partial charge in [-0.1, -0.05) is 30.3 Å². The van der Waals surface area contributed by atoms with Crippen LogP contribution in [0.5, 0.6) is 5.75 Å². The van der Waals surface area contributed by atoms with Crippen LogP contribution in [0.2, 0.25) is 0 Å². The monoisotopic (exact) mass is 224 g/mol. The second kappa shape index (κ2) is 3.94. The average Bonchev–Trinajstić information content (AvgIpc) is 2.57. The van der Waals surface area contributed by atoms with Gasteiger partial charge in [0.05, 0.1) is 19.0 Å². The number of nitrogens with zero attached hydrogens (tertiary/aromatic N) is 1. The molecule has 1 aliphatic heterocycles. The Balaban J connectivity index is 2.34. The number of rotatable bonds is 1. The van der Waals surface area contributed by atoms with Crippen LogP contribution >= 0.6 is 0 Å². The smallest absolute Gasteiger partial charge is 0.128 e. The number of hydrogen-bond donors (Lipinski definition) is 1. The van der Waals surface area contributed by atoms with E-state index in [0.29, 0.717) is 0 Å². The molecule has 0 bridgehead atoms. The lowest BCUT2D eigenvalue weighted by atomic mass is 9.98. The zero-order valence-electron chi connectivity index (χ0n) is 9.47. The van der Waals surface area contributed by atoms with Gasteiger partial charge in [-0.2, -0.15) is 5.10 Å². The molecule has 2 aromatic carbocycles. The highest BCUT2D eigenvalue weighted by Gasteiger charge is 2.15. The van der Waals surface area contributed by atoms with Gasteiger partial charge in [-0.3, -0.25) is 5.43 Å². The maximum Gasteiger partial charge on any atom is 0.128 e. The predicted octanol–water partition coefficient (Wildman–Crippen LogP) is 3.12. The lowest BCUT2D eigenvalue weighted by molar-refractivity contribution is 0.416. The second-order valence-corrected chi connectivity index (χ2v) is 3.84. The fraction of sp³-hybridized carbons (Fsp3) is 0.0714. The van der Waals surface area contributed by atoms with Crippen molar-refractivity contribution in [1.82, 2.24) is 0 Å². The molecule has 2 aromatic rings. The molecule has 0 saturated heterocycles. The summed E-state index contributed by atoms with van der Waals surface area (Å²) in [7, 11) is 1.68. The summed E-state index contributed by atoms with van der Waals surface area (Å²) < 4.78 is 5.43. The van der Waals surface area contributed by atoms with Crippen molar-refractivity contribution in [3.05, 3.63) is 48.0 Å². The van der Waals surface area contributed by atoms with Crippen LogP contribution in [0.4, 0.5) is 5.69 Å². The molecule has 0 unspecified atom stereocenters. The highest BCUT2D eigenvalue weighted by Crippen LogP contribution is 2.39. The van der Waals surface area contributed by atoms with E-state index in [1.54, 1.807) is 7.11 Å².